The first-order chi connectivity index (χ1) is 7.67. The summed E-state index contributed by atoms with van der Waals surface area (Å²) in [6.07, 6.45) is 0. The monoisotopic (exact) mass is 332 g/mol. The van der Waals surface area contributed by atoms with E-state index in [9.17, 15) is 4.79 Å². The van der Waals surface area contributed by atoms with E-state index in [-0.39, 0.29) is 5.91 Å². The normalized spacial score (nSPS) is 9.94. The number of nitrogens with zero attached hydrogens (tertiary/aromatic N) is 1. The standard InChI is InChI=1S/C12H17IN2O/c1-3-15(4-2)12(16)9-14-11-7-5-6-10(13)8-11/h5-8,14H,3-4,9H2,1-2H3. The third-order valence-electron chi connectivity index (χ3n) is 2.38. The van der Waals surface area contributed by atoms with Crippen LogP contribution in [-0.4, -0.2) is 30.4 Å². The molecule has 0 aliphatic rings. The molecule has 0 heterocycles. The van der Waals surface area contributed by atoms with Crippen LogP contribution in [0.5, 0.6) is 0 Å². The predicted octanol–water partition coefficient (Wildman–Crippen LogP) is 2.57. The number of hydrogen-bond donors (Lipinski definition) is 1. The van der Waals surface area contributed by atoms with E-state index in [4.69, 9.17) is 0 Å². The van der Waals surface area contributed by atoms with Gasteiger partial charge in [-0.05, 0) is 54.6 Å². The highest BCUT2D eigenvalue weighted by Crippen LogP contribution is 2.11. The maximum atomic E-state index is 11.7. The molecule has 0 unspecified atom stereocenters. The second-order valence-corrected chi connectivity index (χ2v) is 4.68. The number of carbonyl (C=O) groups excluding carboxylic acids is 1. The molecule has 16 heavy (non-hydrogen) atoms. The van der Waals surface area contributed by atoms with E-state index in [0.717, 1.165) is 22.3 Å². The zero-order chi connectivity index (χ0) is 12.0. The molecule has 0 atom stereocenters. The lowest BCUT2D eigenvalue weighted by atomic mass is 10.3. The molecule has 4 heteroatoms. The van der Waals surface area contributed by atoms with Gasteiger partial charge in [0, 0.05) is 22.3 Å². The molecule has 3 nitrogen and oxygen atoms in total. The molecule has 0 aliphatic carbocycles. The molecule has 0 fully saturated rings. The number of nitrogens with one attached hydrogen (secondary N) is 1. The molecule has 1 aromatic carbocycles. The second kappa shape index (κ2) is 6.73. The van der Waals surface area contributed by atoms with Gasteiger partial charge in [-0.2, -0.15) is 0 Å². The lowest BCUT2D eigenvalue weighted by molar-refractivity contribution is -0.128. The molecule has 88 valence electrons. The second-order valence-electron chi connectivity index (χ2n) is 3.43. The van der Waals surface area contributed by atoms with Crippen LogP contribution in [0.3, 0.4) is 0 Å². The first kappa shape index (κ1) is 13.3. The number of benzene rings is 1. The van der Waals surface area contributed by atoms with E-state index in [2.05, 4.69) is 27.9 Å². The van der Waals surface area contributed by atoms with Crippen LogP contribution in [0.15, 0.2) is 24.3 Å². The molecule has 0 bridgehead atoms. The highest BCUT2D eigenvalue weighted by molar-refractivity contribution is 14.1. The lowest BCUT2D eigenvalue weighted by Gasteiger charge is -2.19. The Kier molecular flexibility index (Phi) is 5.59. The van der Waals surface area contributed by atoms with Crippen molar-refractivity contribution < 1.29 is 4.79 Å². The fourth-order valence-corrected chi connectivity index (χ4v) is 2.01. The maximum absolute atomic E-state index is 11.7. The van der Waals surface area contributed by atoms with Crippen molar-refractivity contribution in [1.82, 2.24) is 4.90 Å². The van der Waals surface area contributed by atoms with Gasteiger partial charge in [-0.1, -0.05) is 6.07 Å². The van der Waals surface area contributed by atoms with Crippen molar-refractivity contribution in [2.24, 2.45) is 0 Å². The van der Waals surface area contributed by atoms with Crippen LogP contribution in [0.2, 0.25) is 0 Å². The van der Waals surface area contributed by atoms with Crippen LogP contribution in [-0.2, 0) is 4.79 Å². The largest absolute Gasteiger partial charge is 0.376 e. The summed E-state index contributed by atoms with van der Waals surface area (Å²) in [5, 5.41) is 3.14. The molecule has 0 saturated heterocycles. The third kappa shape index (κ3) is 4.00. The Balaban J connectivity index is 2.48. The third-order valence-corrected chi connectivity index (χ3v) is 3.06. The topological polar surface area (TPSA) is 32.3 Å². The van der Waals surface area contributed by atoms with Crippen molar-refractivity contribution in [3.05, 3.63) is 27.8 Å². The van der Waals surface area contributed by atoms with Crippen LogP contribution >= 0.6 is 22.6 Å². The molecule has 1 amide bonds. The average molecular weight is 332 g/mol. The summed E-state index contributed by atoms with van der Waals surface area (Å²) >= 11 is 2.26. The van der Waals surface area contributed by atoms with Crippen molar-refractivity contribution in [3.8, 4) is 0 Å². The Bertz CT molecular complexity index is 351. The number of amides is 1. The van der Waals surface area contributed by atoms with Crippen molar-refractivity contribution in [2.75, 3.05) is 25.0 Å². The van der Waals surface area contributed by atoms with Crippen LogP contribution < -0.4 is 5.32 Å². The summed E-state index contributed by atoms with van der Waals surface area (Å²) in [7, 11) is 0. The average Bonchev–Trinajstić information content (AvgIpc) is 2.28. The van der Waals surface area contributed by atoms with Crippen molar-refractivity contribution in [1.29, 1.82) is 0 Å². The minimum absolute atomic E-state index is 0.142. The van der Waals surface area contributed by atoms with Crippen molar-refractivity contribution in [3.63, 3.8) is 0 Å². The van der Waals surface area contributed by atoms with Gasteiger partial charge in [-0.3, -0.25) is 4.79 Å². The number of hydrogen-bond acceptors (Lipinski definition) is 2. The Morgan fingerprint density at radius 1 is 1.38 bits per heavy atom. The summed E-state index contributed by atoms with van der Waals surface area (Å²) in [6, 6.07) is 8.00. The molecule has 0 saturated carbocycles. The number of anilines is 1. The lowest BCUT2D eigenvalue weighted by Crippen LogP contribution is -2.35. The molecule has 1 rings (SSSR count). The first-order valence-corrected chi connectivity index (χ1v) is 6.52. The van der Waals surface area contributed by atoms with Crippen LogP contribution in [0.1, 0.15) is 13.8 Å². The summed E-state index contributed by atoms with van der Waals surface area (Å²) in [6.45, 7) is 5.88. The summed E-state index contributed by atoms with van der Waals surface area (Å²) < 4.78 is 1.16. The smallest absolute Gasteiger partial charge is 0.241 e. The van der Waals surface area contributed by atoms with E-state index in [1.54, 1.807) is 0 Å². The Morgan fingerprint density at radius 3 is 2.62 bits per heavy atom. The molecular weight excluding hydrogens is 315 g/mol. The molecule has 0 aliphatic heterocycles. The van der Waals surface area contributed by atoms with Crippen LogP contribution in [0.25, 0.3) is 0 Å². The van der Waals surface area contributed by atoms with Gasteiger partial charge in [0.2, 0.25) is 5.91 Å². The molecule has 0 radical (unpaired) electrons. The molecule has 1 N–H and O–H groups in total. The fraction of sp³-hybridized carbons (Fsp3) is 0.417. The highest BCUT2D eigenvalue weighted by atomic mass is 127. The van der Waals surface area contributed by atoms with Gasteiger partial charge < -0.3 is 10.2 Å². The Hall–Kier alpha value is -0.780. The van der Waals surface area contributed by atoms with Crippen LogP contribution in [0.4, 0.5) is 5.69 Å². The number of halogens is 1. The number of carbonyl (C=O) groups is 1. The zero-order valence-electron chi connectivity index (χ0n) is 9.66. The number of rotatable bonds is 5. The predicted molar refractivity (Wildman–Crippen MR) is 75.6 cm³/mol. The minimum Gasteiger partial charge on any atom is -0.376 e. The molecule has 0 aromatic heterocycles. The van der Waals surface area contributed by atoms with E-state index >= 15 is 0 Å². The van der Waals surface area contributed by atoms with E-state index < -0.39 is 0 Å². The van der Waals surface area contributed by atoms with E-state index in [1.807, 2.05) is 43.0 Å². The fourth-order valence-electron chi connectivity index (χ4n) is 1.46. The minimum atomic E-state index is 0.142. The summed E-state index contributed by atoms with van der Waals surface area (Å²) in [5.74, 6) is 0.142. The SMILES string of the molecule is CCN(CC)C(=O)CNc1cccc(I)c1. The Morgan fingerprint density at radius 2 is 2.06 bits per heavy atom. The molecule has 1 aromatic rings. The zero-order valence-corrected chi connectivity index (χ0v) is 11.8. The molecule has 0 spiro atoms. The van der Waals surface area contributed by atoms with Gasteiger partial charge in [0.05, 0.1) is 6.54 Å². The van der Waals surface area contributed by atoms with Gasteiger partial charge in [0.15, 0.2) is 0 Å². The summed E-state index contributed by atoms with van der Waals surface area (Å²) in [5.41, 5.74) is 0.993. The first-order valence-electron chi connectivity index (χ1n) is 5.44. The highest BCUT2D eigenvalue weighted by Gasteiger charge is 2.08. The molecular formula is C12H17IN2O. The van der Waals surface area contributed by atoms with Gasteiger partial charge >= 0.3 is 0 Å². The quantitative estimate of drug-likeness (QED) is 0.841. The van der Waals surface area contributed by atoms with Crippen molar-refractivity contribution in [2.45, 2.75) is 13.8 Å². The van der Waals surface area contributed by atoms with E-state index in [1.165, 1.54) is 0 Å². The van der Waals surface area contributed by atoms with E-state index in [0.29, 0.717) is 6.54 Å². The number of likely N-dealkylation sites (N-methyl/N-ethyl adjacent to an activating group) is 1. The van der Waals surface area contributed by atoms with Gasteiger partial charge in [0.1, 0.15) is 0 Å². The van der Waals surface area contributed by atoms with Gasteiger partial charge in [0.25, 0.3) is 0 Å². The van der Waals surface area contributed by atoms with Gasteiger partial charge in [-0.25, -0.2) is 0 Å². The maximum Gasteiger partial charge on any atom is 0.241 e. The van der Waals surface area contributed by atoms with Crippen molar-refractivity contribution >= 4 is 34.2 Å². The van der Waals surface area contributed by atoms with Crippen LogP contribution in [0, 0.1) is 3.57 Å². The summed E-state index contributed by atoms with van der Waals surface area (Å²) in [4.78, 5) is 13.5. The van der Waals surface area contributed by atoms with Gasteiger partial charge in [-0.15, -0.1) is 0 Å². The Labute approximate surface area is 110 Å².